The molecule has 3 nitrogen and oxygen atoms in total. The molecule has 0 heterocycles. The van der Waals surface area contributed by atoms with Crippen molar-refractivity contribution < 1.29 is 8.95 Å². The number of benzene rings is 1. The maximum atomic E-state index is 12.0. The van der Waals surface area contributed by atoms with E-state index in [2.05, 4.69) is 15.9 Å². The lowest BCUT2D eigenvalue weighted by molar-refractivity contribution is 0.201. The van der Waals surface area contributed by atoms with E-state index in [1.807, 2.05) is 6.92 Å². The third-order valence-electron chi connectivity index (χ3n) is 1.94. The van der Waals surface area contributed by atoms with Gasteiger partial charge in [0.1, 0.15) is 0 Å². The van der Waals surface area contributed by atoms with Crippen molar-refractivity contribution in [3.05, 3.63) is 22.7 Å². The minimum absolute atomic E-state index is 0.0325. The molecule has 0 bridgehead atoms. The van der Waals surface area contributed by atoms with Crippen LogP contribution in [0.5, 0.6) is 0 Å². The predicted molar refractivity (Wildman–Crippen MR) is 66.3 cm³/mol. The van der Waals surface area contributed by atoms with E-state index < -0.39 is 10.8 Å². The van der Waals surface area contributed by atoms with E-state index in [0.29, 0.717) is 12.3 Å². The molecular formula is C10H14BrNO2S. The summed E-state index contributed by atoms with van der Waals surface area (Å²) in [7, 11) is 0.528. The number of nitrogens with two attached hydrogens (primary N) is 1. The van der Waals surface area contributed by atoms with E-state index in [-0.39, 0.29) is 5.25 Å². The fourth-order valence-corrected chi connectivity index (χ4v) is 3.22. The van der Waals surface area contributed by atoms with Crippen molar-refractivity contribution in [2.24, 2.45) is 0 Å². The molecular weight excluding hydrogens is 278 g/mol. The molecule has 5 heteroatoms. The summed E-state index contributed by atoms with van der Waals surface area (Å²) in [6, 6.07) is 5.28. The molecule has 2 N–H and O–H groups in total. The first-order chi connectivity index (χ1) is 7.06. The molecule has 2 atom stereocenters. The van der Waals surface area contributed by atoms with Crippen LogP contribution in [0.15, 0.2) is 27.6 Å². The summed E-state index contributed by atoms with van der Waals surface area (Å²) in [6.45, 7) is 2.37. The van der Waals surface area contributed by atoms with Gasteiger partial charge in [-0.25, -0.2) is 0 Å². The highest BCUT2D eigenvalue weighted by Crippen LogP contribution is 2.24. The molecule has 0 saturated carbocycles. The number of hydrogen-bond acceptors (Lipinski definition) is 3. The van der Waals surface area contributed by atoms with Gasteiger partial charge in [-0.05, 0) is 41.1 Å². The highest BCUT2D eigenvalue weighted by Gasteiger charge is 2.15. The topological polar surface area (TPSA) is 52.3 Å². The Morgan fingerprint density at radius 1 is 1.60 bits per heavy atom. The monoisotopic (exact) mass is 291 g/mol. The highest BCUT2D eigenvalue weighted by molar-refractivity contribution is 9.10. The molecule has 2 unspecified atom stereocenters. The van der Waals surface area contributed by atoms with Gasteiger partial charge in [0.25, 0.3) is 0 Å². The van der Waals surface area contributed by atoms with Gasteiger partial charge in [-0.1, -0.05) is 0 Å². The zero-order chi connectivity index (χ0) is 11.4. The van der Waals surface area contributed by atoms with E-state index >= 15 is 0 Å². The van der Waals surface area contributed by atoms with Gasteiger partial charge in [-0.3, -0.25) is 4.21 Å². The maximum Gasteiger partial charge on any atom is 0.0607 e. The molecule has 15 heavy (non-hydrogen) atoms. The summed E-state index contributed by atoms with van der Waals surface area (Å²) < 4.78 is 17.8. The standard InChI is InChI=1S/C10H14BrNO2S/c1-7(6-14-2)15(13)10-4-3-8(12)5-9(10)11/h3-5,7H,6,12H2,1-2H3. The molecule has 84 valence electrons. The van der Waals surface area contributed by atoms with Crippen LogP contribution in [0.1, 0.15) is 6.92 Å². The molecule has 1 rings (SSSR count). The van der Waals surface area contributed by atoms with Crippen LogP contribution in [0.2, 0.25) is 0 Å². The third kappa shape index (κ3) is 3.29. The number of halogens is 1. The minimum atomic E-state index is -1.08. The molecule has 0 aliphatic heterocycles. The molecule has 0 radical (unpaired) electrons. The Balaban J connectivity index is 2.91. The zero-order valence-corrected chi connectivity index (χ0v) is 11.1. The van der Waals surface area contributed by atoms with Crippen molar-refractivity contribution in [3.63, 3.8) is 0 Å². The quantitative estimate of drug-likeness (QED) is 0.865. The Kier molecular flexibility index (Phi) is 4.76. The molecule has 0 fully saturated rings. The second-order valence-corrected chi connectivity index (χ2v) is 5.95. The van der Waals surface area contributed by atoms with Crippen LogP contribution in [0.4, 0.5) is 5.69 Å². The molecule has 0 aliphatic rings. The lowest BCUT2D eigenvalue weighted by Gasteiger charge is -2.11. The van der Waals surface area contributed by atoms with E-state index in [4.69, 9.17) is 10.5 Å². The Hall–Kier alpha value is -0.390. The average Bonchev–Trinajstić information content (AvgIpc) is 2.17. The Bertz CT molecular complexity index is 370. The minimum Gasteiger partial charge on any atom is -0.399 e. The van der Waals surface area contributed by atoms with E-state index in [0.717, 1.165) is 9.37 Å². The molecule has 1 aromatic rings. The zero-order valence-electron chi connectivity index (χ0n) is 8.70. The van der Waals surface area contributed by atoms with Crippen LogP contribution in [0, 0.1) is 0 Å². The highest BCUT2D eigenvalue weighted by atomic mass is 79.9. The fourth-order valence-electron chi connectivity index (χ4n) is 1.19. The molecule has 1 aromatic carbocycles. The van der Waals surface area contributed by atoms with Crippen LogP contribution in [0.3, 0.4) is 0 Å². The van der Waals surface area contributed by atoms with Crippen molar-refractivity contribution in [1.29, 1.82) is 0 Å². The predicted octanol–water partition coefficient (Wildman–Crippen LogP) is 2.17. The van der Waals surface area contributed by atoms with Crippen molar-refractivity contribution in [2.75, 3.05) is 19.5 Å². The summed E-state index contributed by atoms with van der Waals surface area (Å²) in [5.41, 5.74) is 6.26. The van der Waals surface area contributed by atoms with Crippen molar-refractivity contribution in [1.82, 2.24) is 0 Å². The van der Waals surface area contributed by atoms with Gasteiger partial charge in [0.05, 0.1) is 27.6 Å². The van der Waals surface area contributed by atoms with Gasteiger partial charge < -0.3 is 10.5 Å². The van der Waals surface area contributed by atoms with Crippen molar-refractivity contribution in [2.45, 2.75) is 17.1 Å². The van der Waals surface area contributed by atoms with Gasteiger partial charge >= 0.3 is 0 Å². The van der Waals surface area contributed by atoms with E-state index in [1.165, 1.54) is 0 Å². The smallest absolute Gasteiger partial charge is 0.0607 e. The number of nitrogen functional groups attached to an aromatic ring is 1. The van der Waals surface area contributed by atoms with Gasteiger partial charge in [-0.2, -0.15) is 0 Å². The normalized spacial score (nSPS) is 14.9. The lowest BCUT2D eigenvalue weighted by Crippen LogP contribution is -2.17. The number of methoxy groups -OCH3 is 1. The van der Waals surface area contributed by atoms with Gasteiger partial charge in [0.15, 0.2) is 0 Å². The van der Waals surface area contributed by atoms with Crippen LogP contribution >= 0.6 is 15.9 Å². The molecule has 0 spiro atoms. The summed E-state index contributed by atoms with van der Waals surface area (Å²) in [4.78, 5) is 0.758. The van der Waals surface area contributed by atoms with Crippen molar-refractivity contribution in [3.8, 4) is 0 Å². The van der Waals surface area contributed by atoms with E-state index in [9.17, 15) is 4.21 Å². The maximum absolute atomic E-state index is 12.0. The molecule has 0 amide bonds. The number of hydrogen-bond donors (Lipinski definition) is 1. The largest absolute Gasteiger partial charge is 0.399 e. The summed E-state index contributed by atoms with van der Waals surface area (Å²) in [5, 5.41) is -0.0325. The van der Waals surface area contributed by atoms with Crippen LogP contribution in [-0.2, 0) is 15.5 Å². The Labute approximate surface area is 101 Å². The average molecular weight is 292 g/mol. The number of rotatable bonds is 4. The first kappa shape index (κ1) is 12.7. The second-order valence-electron chi connectivity index (χ2n) is 3.25. The van der Waals surface area contributed by atoms with Gasteiger partial charge in [0, 0.05) is 17.3 Å². The summed E-state index contributed by atoms with van der Waals surface area (Å²) in [5.74, 6) is 0. The SMILES string of the molecule is COCC(C)S(=O)c1ccc(N)cc1Br. The first-order valence-electron chi connectivity index (χ1n) is 4.50. The molecule has 0 aliphatic carbocycles. The first-order valence-corrected chi connectivity index (χ1v) is 6.51. The number of anilines is 1. The Morgan fingerprint density at radius 3 is 2.80 bits per heavy atom. The van der Waals surface area contributed by atoms with Crippen LogP contribution < -0.4 is 5.73 Å². The van der Waals surface area contributed by atoms with Gasteiger partial charge in [-0.15, -0.1) is 0 Å². The van der Waals surface area contributed by atoms with Crippen LogP contribution in [0.25, 0.3) is 0 Å². The summed E-state index contributed by atoms with van der Waals surface area (Å²) in [6.07, 6.45) is 0. The van der Waals surface area contributed by atoms with Crippen LogP contribution in [-0.4, -0.2) is 23.2 Å². The fraction of sp³-hybridized carbons (Fsp3) is 0.400. The molecule has 0 saturated heterocycles. The Morgan fingerprint density at radius 2 is 2.27 bits per heavy atom. The molecule has 0 aromatic heterocycles. The van der Waals surface area contributed by atoms with Gasteiger partial charge in [0.2, 0.25) is 0 Å². The van der Waals surface area contributed by atoms with Crippen molar-refractivity contribution >= 4 is 32.4 Å². The second kappa shape index (κ2) is 5.63. The lowest BCUT2D eigenvalue weighted by atomic mass is 10.3. The van der Waals surface area contributed by atoms with E-state index in [1.54, 1.807) is 25.3 Å². The number of ether oxygens (including phenoxy) is 1. The summed E-state index contributed by atoms with van der Waals surface area (Å²) >= 11 is 3.35. The third-order valence-corrected chi connectivity index (χ3v) is 4.51.